The average molecular weight is 363 g/mol. The van der Waals surface area contributed by atoms with Crippen LogP contribution in [0.1, 0.15) is 26.5 Å². The Labute approximate surface area is 155 Å². The highest BCUT2D eigenvalue weighted by Crippen LogP contribution is 2.17. The molecule has 2 N–H and O–H groups in total. The highest BCUT2D eigenvalue weighted by Gasteiger charge is 2.15. The van der Waals surface area contributed by atoms with Gasteiger partial charge in [0.05, 0.1) is 30.8 Å². The van der Waals surface area contributed by atoms with Crippen molar-refractivity contribution < 1.29 is 18.7 Å². The number of amides is 2. The smallest absolute Gasteiger partial charge is 0.291 e. The Kier molecular flexibility index (Phi) is 5.64. The predicted octanol–water partition coefficient (Wildman–Crippen LogP) is 3.30. The van der Waals surface area contributed by atoms with Gasteiger partial charge >= 0.3 is 0 Å². The van der Waals surface area contributed by atoms with Crippen LogP contribution in [-0.2, 0) is 0 Å². The number of carbonyl (C=O) groups is 2. The lowest BCUT2D eigenvalue weighted by Gasteiger charge is -2.09. The first kappa shape index (κ1) is 17.9. The van der Waals surface area contributed by atoms with Crippen LogP contribution in [0.15, 0.2) is 76.4 Å². The summed E-state index contributed by atoms with van der Waals surface area (Å²) in [6, 6.07) is 17.1. The van der Waals surface area contributed by atoms with Gasteiger partial charge in [0, 0.05) is 5.56 Å². The van der Waals surface area contributed by atoms with Crippen molar-refractivity contribution in [2.75, 3.05) is 12.4 Å². The fraction of sp³-hybridized carbons (Fsp3) is 0.0500. The van der Waals surface area contributed by atoms with Crippen molar-refractivity contribution in [1.82, 2.24) is 5.43 Å². The maximum absolute atomic E-state index is 12.4. The molecule has 2 aromatic carbocycles. The molecule has 0 radical (unpaired) electrons. The zero-order valence-electron chi connectivity index (χ0n) is 14.5. The van der Waals surface area contributed by atoms with Gasteiger partial charge in [0.2, 0.25) is 0 Å². The molecule has 0 aliphatic carbocycles. The largest absolute Gasteiger partial charge is 0.496 e. The highest BCUT2D eigenvalue weighted by molar-refractivity contribution is 6.08. The maximum Gasteiger partial charge on any atom is 0.291 e. The van der Waals surface area contributed by atoms with E-state index in [0.29, 0.717) is 11.4 Å². The van der Waals surface area contributed by atoms with E-state index in [1.807, 2.05) is 18.2 Å². The number of nitrogens with zero attached hydrogens (tertiary/aromatic N) is 1. The normalized spacial score (nSPS) is 10.6. The zero-order chi connectivity index (χ0) is 19.1. The summed E-state index contributed by atoms with van der Waals surface area (Å²) in [6.45, 7) is 0. The van der Waals surface area contributed by atoms with Gasteiger partial charge in [-0.25, -0.2) is 5.43 Å². The molecule has 0 fully saturated rings. The molecule has 0 unspecified atom stereocenters. The fourth-order valence-corrected chi connectivity index (χ4v) is 2.38. The van der Waals surface area contributed by atoms with E-state index in [1.165, 1.54) is 18.5 Å². The topological polar surface area (TPSA) is 92.9 Å². The monoisotopic (exact) mass is 363 g/mol. The number of hydrogen-bond acceptors (Lipinski definition) is 5. The lowest BCUT2D eigenvalue weighted by Crippen LogP contribution is -2.21. The van der Waals surface area contributed by atoms with Gasteiger partial charge in [-0.15, -0.1) is 0 Å². The number of carbonyl (C=O) groups excluding carboxylic acids is 2. The van der Waals surface area contributed by atoms with Gasteiger partial charge in [0.15, 0.2) is 5.76 Å². The number of benzene rings is 2. The minimum Gasteiger partial charge on any atom is -0.496 e. The molecule has 0 aliphatic rings. The number of para-hydroxylation sites is 2. The number of nitrogens with one attached hydrogen (secondary N) is 2. The average Bonchev–Trinajstić information content (AvgIpc) is 3.23. The van der Waals surface area contributed by atoms with Crippen LogP contribution < -0.4 is 15.5 Å². The summed E-state index contributed by atoms with van der Waals surface area (Å²) in [5, 5.41) is 6.62. The van der Waals surface area contributed by atoms with E-state index < -0.39 is 11.8 Å². The molecule has 0 saturated carbocycles. The van der Waals surface area contributed by atoms with Gasteiger partial charge in [-0.3, -0.25) is 9.59 Å². The van der Waals surface area contributed by atoms with Crippen molar-refractivity contribution in [3.63, 3.8) is 0 Å². The predicted molar refractivity (Wildman–Crippen MR) is 101 cm³/mol. The summed E-state index contributed by atoms with van der Waals surface area (Å²) in [7, 11) is 1.56. The van der Waals surface area contributed by atoms with Gasteiger partial charge in [0.1, 0.15) is 5.75 Å². The van der Waals surface area contributed by atoms with E-state index >= 15 is 0 Å². The number of hydrazone groups is 1. The van der Waals surface area contributed by atoms with E-state index in [9.17, 15) is 9.59 Å². The van der Waals surface area contributed by atoms with E-state index in [0.717, 1.165) is 5.56 Å². The van der Waals surface area contributed by atoms with Crippen LogP contribution in [0, 0.1) is 0 Å². The van der Waals surface area contributed by atoms with Crippen LogP contribution in [0.4, 0.5) is 5.69 Å². The first-order chi connectivity index (χ1) is 13.2. The van der Waals surface area contributed by atoms with Crippen molar-refractivity contribution in [3.05, 3.63) is 83.8 Å². The Morgan fingerprint density at radius 3 is 2.56 bits per heavy atom. The van der Waals surface area contributed by atoms with Crippen LogP contribution in [0.2, 0.25) is 0 Å². The van der Waals surface area contributed by atoms with Gasteiger partial charge in [-0.2, -0.15) is 5.10 Å². The molecule has 27 heavy (non-hydrogen) atoms. The Bertz CT molecular complexity index is 965. The molecule has 0 saturated heterocycles. The van der Waals surface area contributed by atoms with Crippen molar-refractivity contribution >= 4 is 23.7 Å². The number of rotatable bonds is 6. The van der Waals surface area contributed by atoms with Gasteiger partial charge < -0.3 is 14.5 Å². The quantitative estimate of drug-likeness (QED) is 0.519. The molecule has 136 valence electrons. The summed E-state index contributed by atoms with van der Waals surface area (Å²) >= 11 is 0. The summed E-state index contributed by atoms with van der Waals surface area (Å²) in [5.41, 5.74) is 3.79. The van der Waals surface area contributed by atoms with E-state index in [4.69, 9.17) is 9.15 Å². The van der Waals surface area contributed by atoms with Crippen molar-refractivity contribution in [3.8, 4) is 5.75 Å². The fourth-order valence-electron chi connectivity index (χ4n) is 2.38. The zero-order valence-corrected chi connectivity index (χ0v) is 14.5. The van der Waals surface area contributed by atoms with Gasteiger partial charge in [0.25, 0.3) is 11.8 Å². The molecule has 7 heteroatoms. The van der Waals surface area contributed by atoms with Gasteiger partial charge in [-0.05, 0) is 36.4 Å². The van der Waals surface area contributed by atoms with Crippen LogP contribution >= 0.6 is 0 Å². The SMILES string of the molecule is COc1ccccc1/C=N\NC(=O)c1ccccc1NC(=O)c1ccco1. The standard InChI is InChI=1S/C20H17N3O4/c1-26-17-10-5-2-7-14(17)13-21-23-19(24)15-8-3-4-9-16(15)22-20(25)18-11-6-12-27-18/h2-13H,1H3,(H,22,25)(H,23,24)/b21-13-. The van der Waals surface area contributed by atoms with Crippen LogP contribution in [0.25, 0.3) is 0 Å². The lowest BCUT2D eigenvalue weighted by molar-refractivity contribution is 0.0956. The number of hydrogen-bond donors (Lipinski definition) is 2. The summed E-state index contributed by atoms with van der Waals surface area (Å²) in [4.78, 5) is 24.6. The van der Waals surface area contributed by atoms with Crippen molar-refractivity contribution in [2.24, 2.45) is 5.10 Å². The molecule has 1 aromatic heterocycles. The molecule has 0 bridgehead atoms. The van der Waals surface area contributed by atoms with Crippen molar-refractivity contribution in [2.45, 2.75) is 0 Å². The minimum atomic E-state index is -0.462. The second-order valence-corrected chi connectivity index (χ2v) is 5.42. The molecule has 0 spiro atoms. The Morgan fingerprint density at radius 1 is 1.00 bits per heavy atom. The third-order valence-corrected chi connectivity index (χ3v) is 3.67. The number of furan rings is 1. The third kappa shape index (κ3) is 4.40. The number of methoxy groups -OCH3 is 1. The number of anilines is 1. The number of ether oxygens (including phenoxy) is 1. The maximum atomic E-state index is 12.4. The van der Waals surface area contributed by atoms with E-state index in [2.05, 4.69) is 15.8 Å². The van der Waals surface area contributed by atoms with E-state index in [-0.39, 0.29) is 11.3 Å². The summed E-state index contributed by atoms with van der Waals surface area (Å²) in [6.07, 6.45) is 2.89. The minimum absolute atomic E-state index is 0.152. The Balaban J connectivity index is 1.72. The second kappa shape index (κ2) is 8.48. The lowest BCUT2D eigenvalue weighted by atomic mass is 10.1. The third-order valence-electron chi connectivity index (χ3n) is 3.67. The summed E-state index contributed by atoms with van der Waals surface area (Å²) < 4.78 is 10.3. The first-order valence-electron chi connectivity index (χ1n) is 8.09. The van der Waals surface area contributed by atoms with Crippen LogP contribution in [-0.4, -0.2) is 25.1 Å². The van der Waals surface area contributed by atoms with Crippen LogP contribution in [0.3, 0.4) is 0 Å². The molecular formula is C20H17N3O4. The molecule has 2 amide bonds. The molecule has 0 aliphatic heterocycles. The molecule has 1 heterocycles. The van der Waals surface area contributed by atoms with E-state index in [1.54, 1.807) is 43.5 Å². The first-order valence-corrected chi connectivity index (χ1v) is 8.09. The van der Waals surface area contributed by atoms with Crippen LogP contribution in [0.5, 0.6) is 5.75 Å². The summed E-state index contributed by atoms with van der Waals surface area (Å²) in [5.74, 6) is -0.115. The Hall–Kier alpha value is -3.87. The molecule has 0 atom stereocenters. The van der Waals surface area contributed by atoms with Gasteiger partial charge in [-0.1, -0.05) is 24.3 Å². The van der Waals surface area contributed by atoms with Crippen molar-refractivity contribution in [1.29, 1.82) is 0 Å². The molecule has 3 rings (SSSR count). The molecule has 7 nitrogen and oxygen atoms in total. The second-order valence-electron chi connectivity index (χ2n) is 5.42. The molecular weight excluding hydrogens is 346 g/mol. The molecule has 3 aromatic rings. The highest BCUT2D eigenvalue weighted by atomic mass is 16.5. The Morgan fingerprint density at radius 2 is 1.78 bits per heavy atom.